The molecule has 72 valence electrons. The van der Waals surface area contributed by atoms with Crippen molar-refractivity contribution in [3.63, 3.8) is 0 Å². The molecule has 1 aromatic rings. The summed E-state index contributed by atoms with van der Waals surface area (Å²) >= 11 is 0. The van der Waals surface area contributed by atoms with Crippen molar-refractivity contribution in [2.45, 2.75) is 4.90 Å². The first-order valence-corrected chi connectivity index (χ1v) is 5.30. The van der Waals surface area contributed by atoms with Gasteiger partial charge in [-0.2, -0.15) is 0 Å². The highest BCUT2D eigenvalue weighted by atomic mass is 32.2. The van der Waals surface area contributed by atoms with Gasteiger partial charge in [0.1, 0.15) is 4.90 Å². The van der Waals surface area contributed by atoms with Crippen LogP contribution in [0.3, 0.4) is 0 Å². The van der Waals surface area contributed by atoms with Crippen LogP contribution in [0.2, 0.25) is 0 Å². The molecule has 0 amide bonds. The maximum Gasteiger partial charge on any atom is 0.242 e. The molecule has 1 aromatic carbocycles. The molecule has 1 rings (SSSR count). The van der Waals surface area contributed by atoms with Gasteiger partial charge in [-0.3, -0.25) is 0 Å². The van der Waals surface area contributed by atoms with Crippen LogP contribution in [-0.2, 0) is 10.0 Å². The molecule has 0 atom stereocenters. The third kappa shape index (κ3) is 1.99. The lowest BCUT2D eigenvalue weighted by molar-refractivity contribution is 0.588. The molecule has 0 fully saturated rings. The number of nitrogens with one attached hydrogen (secondary N) is 2. The van der Waals surface area contributed by atoms with E-state index in [-0.39, 0.29) is 4.90 Å². The summed E-state index contributed by atoms with van der Waals surface area (Å²) < 4.78 is 25.1. The van der Waals surface area contributed by atoms with E-state index in [0.717, 1.165) is 0 Å². The SMILES string of the molecule is CNc1ccccc1S(=O)(=O)NC. The fourth-order valence-corrected chi connectivity index (χ4v) is 1.95. The lowest BCUT2D eigenvalue weighted by Gasteiger charge is -2.07. The third-order valence-electron chi connectivity index (χ3n) is 1.71. The van der Waals surface area contributed by atoms with E-state index < -0.39 is 10.0 Å². The Balaban J connectivity index is 3.29. The van der Waals surface area contributed by atoms with Crippen LogP contribution in [0.4, 0.5) is 5.69 Å². The van der Waals surface area contributed by atoms with Crippen LogP contribution in [0.1, 0.15) is 0 Å². The Kier molecular flexibility index (Phi) is 2.90. The molecule has 13 heavy (non-hydrogen) atoms. The van der Waals surface area contributed by atoms with Crippen LogP contribution in [-0.4, -0.2) is 22.5 Å². The second-order valence-electron chi connectivity index (χ2n) is 2.45. The highest BCUT2D eigenvalue weighted by Crippen LogP contribution is 2.19. The van der Waals surface area contributed by atoms with Gasteiger partial charge in [0.25, 0.3) is 0 Å². The Hall–Kier alpha value is -1.07. The lowest BCUT2D eigenvalue weighted by atomic mass is 10.3. The number of para-hydroxylation sites is 1. The maximum atomic E-state index is 11.4. The van der Waals surface area contributed by atoms with Crippen molar-refractivity contribution in [3.05, 3.63) is 24.3 Å². The Labute approximate surface area is 78.0 Å². The molecule has 0 unspecified atom stereocenters. The molecular formula is C8H12N2O2S. The van der Waals surface area contributed by atoms with E-state index >= 15 is 0 Å². The summed E-state index contributed by atoms with van der Waals surface area (Å²) in [5.74, 6) is 0. The van der Waals surface area contributed by atoms with Crippen LogP contribution in [0.5, 0.6) is 0 Å². The van der Waals surface area contributed by atoms with E-state index in [4.69, 9.17) is 0 Å². The van der Waals surface area contributed by atoms with Crippen molar-refractivity contribution in [1.82, 2.24) is 4.72 Å². The zero-order chi connectivity index (χ0) is 9.90. The zero-order valence-corrected chi connectivity index (χ0v) is 8.35. The van der Waals surface area contributed by atoms with Gasteiger partial charge in [0.15, 0.2) is 0 Å². The summed E-state index contributed by atoms with van der Waals surface area (Å²) in [6.07, 6.45) is 0. The second-order valence-corrected chi connectivity index (χ2v) is 4.31. The molecular weight excluding hydrogens is 188 g/mol. The predicted octanol–water partition coefficient (Wildman–Crippen LogP) is 0.636. The van der Waals surface area contributed by atoms with Gasteiger partial charge >= 0.3 is 0 Å². The number of anilines is 1. The van der Waals surface area contributed by atoms with Crippen LogP contribution in [0, 0.1) is 0 Å². The molecule has 4 nitrogen and oxygen atoms in total. The number of hydrogen-bond acceptors (Lipinski definition) is 3. The molecule has 0 spiro atoms. The molecule has 0 aliphatic rings. The van der Waals surface area contributed by atoms with Crippen LogP contribution < -0.4 is 10.0 Å². The van der Waals surface area contributed by atoms with Gasteiger partial charge in [0, 0.05) is 7.05 Å². The van der Waals surface area contributed by atoms with Crippen LogP contribution in [0.15, 0.2) is 29.2 Å². The zero-order valence-electron chi connectivity index (χ0n) is 7.53. The lowest BCUT2D eigenvalue weighted by Crippen LogP contribution is -2.19. The minimum Gasteiger partial charge on any atom is -0.387 e. The van der Waals surface area contributed by atoms with E-state index in [0.29, 0.717) is 5.69 Å². The van der Waals surface area contributed by atoms with Crippen molar-refractivity contribution in [2.75, 3.05) is 19.4 Å². The first-order chi connectivity index (χ1) is 6.11. The van der Waals surface area contributed by atoms with E-state index in [1.165, 1.54) is 7.05 Å². The highest BCUT2D eigenvalue weighted by Gasteiger charge is 2.14. The summed E-state index contributed by atoms with van der Waals surface area (Å²) in [5, 5.41) is 2.82. The molecule has 0 saturated carbocycles. The summed E-state index contributed by atoms with van der Waals surface area (Å²) in [5.41, 5.74) is 0.594. The topological polar surface area (TPSA) is 58.2 Å². The van der Waals surface area contributed by atoms with Gasteiger partial charge in [0.2, 0.25) is 10.0 Å². The summed E-state index contributed by atoms with van der Waals surface area (Å²) in [6.45, 7) is 0. The second kappa shape index (κ2) is 3.76. The molecule has 5 heteroatoms. The largest absolute Gasteiger partial charge is 0.387 e. The minimum atomic E-state index is -3.35. The molecule has 0 saturated heterocycles. The fraction of sp³-hybridized carbons (Fsp3) is 0.250. The van der Waals surface area contributed by atoms with Crippen LogP contribution in [0.25, 0.3) is 0 Å². The third-order valence-corrected chi connectivity index (χ3v) is 3.19. The summed E-state index contributed by atoms with van der Waals surface area (Å²) in [6, 6.07) is 6.73. The van der Waals surface area contributed by atoms with Gasteiger partial charge in [-0.25, -0.2) is 13.1 Å². The van der Waals surface area contributed by atoms with Gasteiger partial charge < -0.3 is 5.32 Å². The number of benzene rings is 1. The standard InChI is InChI=1S/C8H12N2O2S/c1-9-7-5-3-4-6-8(7)13(11,12)10-2/h3-6,9-10H,1-2H3. The monoisotopic (exact) mass is 200 g/mol. The molecule has 0 heterocycles. The highest BCUT2D eigenvalue weighted by molar-refractivity contribution is 7.89. The van der Waals surface area contributed by atoms with Gasteiger partial charge in [0.05, 0.1) is 5.69 Å². The molecule has 2 N–H and O–H groups in total. The smallest absolute Gasteiger partial charge is 0.242 e. The first-order valence-electron chi connectivity index (χ1n) is 3.82. The fourth-order valence-electron chi connectivity index (χ4n) is 1.02. The molecule has 0 radical (unpaired) electrons. The maximum absolute atomic E-state index is 11.4. The summed E-state index contributed by atoms with van der Waals surface area (Å²) in [7, 11) is -0.278. The van der Waals surface area contributed by atoms with Gasteiger partial charge in [-0.05, 0) is 19.2 Å². The molecule has 0 aromatic heterocycles. The van der Waals surface area contributed by atoms with Crippen LogP contribution >= 0.6 is 0 Å². The Morgan fingerprint density at radius 2 is 1.77 bits per heavy atom. The van der Waals surface area contributed by atoms with Crippen molar-refractivity contribution < 1.29 is 8.42 Å². The van der Waals surface area contributed by atoms with Crippen molar-refractivity contribution in [1.29, 1.82) is 0 Å². The van der Waals surface area contributed by atoms with E-state index in [1.54, 1.807) is 31.3 Å². The average Bonchev–Trinajstić information content (AvgIpc) is 2.18. The number of sulfonamides is 1. The molecule has 0 aliphatic heterocycles. The van der Waals surface area contributed by atoms with E-state index in [1.807, 2.05) is 0 Å². The molecule has 0 bridgehead atoms. The van der Waals surface area contributed by atoms with E-state index in [9.17, 15) is 8.42 Å². The minimum absolute atomic E-state index is 0.264. The number of rotatable bonds is 3. The van der Waals surface area contributed by atoms with Crippen molar-refractivity contribution in [2.24, 2.45) is 0 Å². The van der Waals surface area contributed by atoms with Crippen molar-refractivity contribution in [3.8, 4) is 0 Å². The Bertz CT molecular complexity index is 387. The predicted molar refractivity (Wildman–Crippen MR) is 52.2 cm³/mol. The normalized spacial score (nSPS) is 11.2. The van der Waals surface area contributed by atoms with Gasteiger partial charge in [-0.1, -0.05) is 12.1 Å². The Morgan fingerprint density at radius 3 is 2.31 bits per heavy atom. The Morgan fingerprint density at radius 1 is 1.15 bits per heavy atom. The van der Waals surface area contributed by atoms with Crippen molar-refractivity contribution >= 4 is 15.7 Å². The van der Waals surface area contributed by atoms with Gasteiger partial charge in [-0.15, -0.1) is 0 Å². The quantitative estimate of drug-likeness (QED) is 0.752. The average molecular weight is 200 g/mol. The van der Waals surface area contributed by atoms with E-state index in [2.05, 4.69) is 10.0 Å². The first kappa shape index (κ1) is 10.0. The number of hydrogen-bond donors (Lipinski definition) is 2. The molecule has 0 aliphatic carbocycles. The summed E-state index contributed by atoms with van der Waals surface area (Å²) in [4.78, 5) is 0.264.